The van der Waals surface area contributed by atoms with Gasteiger partial charge in [0.2, 0.25) is 0 Å². The summed E-state index contributed by atoms with van der Waals surface area (Å²) in [6.07, 6.45) is 5.50. The summed E-state index contributed by atoms with van der Waals surface area (Å²) in [5.41, 5.74) is 2.35. The van der Waals surface area contributed by atoms with Gasteiger partial charge in [-0.25, -0.2) is 0 Å². The van der Waals surface area contributed by atoms with Gasteiger partial charge in [-0.2, -0.15) is 0 Å². The Kier molecular flexibility index (Phi) is 4.36. The van der Waals surface area contributed by atoms with E-state index in [1.165, 1.54) is 5.57 Å². The van der Waals surface area contributed by atoms with Crippen molar-refractivity contribution in [2.24, 2.45) is 5.92 Å². The highest BCUT2D eigenvalue weighted by Gasteiger charge is 2.33. The van der Waals surface area contributed by atoms with Gasteiger partial charge in [0, 0.05) is 0 Å². The number of rotatable bonds is 4. The van der Waals surface area contributed by atoms with E-state index in [0.717, 1.165) is 23.4 Å². The second-order valence-electron chi connectivity index (χ2n) is 5.48. The van der Waals surface area contributed by atoms with E-state index in [0.29, 0.717) is 5.92 Å². The maximum atomic E-state index is 5.78. The maximum Gasteiger partial charge on any atom is 0.628 e. The van der Waals surface area contributed by atoms with E-state index in [1.54, 1.807) is 0 Å². The van der Waals surface area contributed by atoms with Gasteiger partial charge < -0.3 is 9.31 Å². The van der Waals surface area contributed by atoms with Crippen LogP contribution in [0.5, 0.6) is 11.5 Å². The molecule has 0 spiro atoms. The van der Waals surface area contributed by atoms with Crippen LogP contribution in [0.3, 0.4) is 0 Å². The second kappa shape index (κ2) is 6.00. The van der Waals surface area contributed by atoms with Gasteiger partial charge >= 0.3 is 7.12 Å². The maximum absolute atomic E-state index is 5.78. The van der Waals surface area contributed by atoms with Crippen LogP contribution in [0.1, 0.15) is 34.1 Å². The molecule has 0 N–H and O–H groups in total. The van der Waals surface area contributed by atoms with Crippen LogP contribution in [-0.2, 0) is 0 Å². The number of benzene rings is 1. The van der Waals surface area contributed by atoms with Crippen molar-refractivity contribution in [3.63, 3.8) is 0 Å². The lowest BCUT2D eigenvalue weighted by molar-refractivity contribution is 0.511. The zero-order valence-corrected chi connectivity index (χ0v) is 12.1. The van der Waals surface area contributed by atoms with Gasteiger partial charge in [-0.3, -0.25) is 0 Å². The molecule has 0 saturated heterocycles. The second-order valence-corrected chi connectivity index (χ2v) is 5.48. The molecular weight excluding hydrogens is 235 g/mol. The predicted octanol–water partition coefficient (Wildman–Crippen LogP) is 4.42. The van der Waals surface area contributed by atoms with Gasteiger partial charge in [-0.15, -0.1) is 0 Å². The Morgan fingerprint density at radius 1 is 1.16 bits per heavy atom. The molecule has 1 aromatic carbocycles. The van der Waals surface area contributed by atoms with E-state index in [1.807, 2.05) is 31.2 Å². The van der Waals surface area contributed by atoms with Crippen molar-refractivity contribution < 1.29 is 9.31 Å². The first kappa shape index (κ1) is 13.8. The molecule has 100 valence electrons. The van der Waals surface area contributed by atoms with E-state index in [-0.39, 0.29) is 7.12 Å². The molecule has 0 radical (unpaired) electrons. The van der Waals surface area contributed by atoms with Gasteiger partial charge in [0.05, 0.1) is 0 Å². The third kappa shape index (κ3) is 3.66. The highest BCUT2D eigenvalue weighted by Crippen LogP contribution is 2.34. The van der Waals surface area contributed by atoms with Crippen molar-refractivity contribution in [2.75, 3.05) is 0 Å². The van der Waals surface area contributed by atoms with Crippen molar-refractivity contribution in [3.8, 4) is 11.5 Å². The summed E-state index contributed by atoms with van der Waals surface area (Å²) in [5.74, 6) is 2.33. The highest BCUT2D eigenvalue weighted by molar-refractivity contribution is 6.56. The summed E-state index contributed by atoms with van der Waals surface area (Å²) in [7, 11) is -0.292. The van der Waals surface area contributed by atoms with Gasteiger partial charge in [0.15, 0.2) is 0 Å². The molecule has 1 aliphatic rings. The molecule has 3 heteroatoms. The standard InChI is InChI=1S/C16H21BO2/c1-12(2)9-10-13(3)11-14(4)17-18-15-7-5-6-8-16(15)19-17/h5-8,10-12H,9H2,1-4H3/b13-10+,14-11+. The molecule has 2 nitrogen and oxygen atoms in total. The molecule has 0 bridgehead atoms. The predicted molar refractivity (Wildman–Crippen MR) is 80.4 cm³/mol. The zero-order valence-electron chi connectivity index (χ0n) is 12.1. The Balaban J connectivity index is 2.02. The zero-order chi connectivity index (χ0) is 13.8. The SMILES string of the molecule is C/C(=C\C(C)=C\CC(C)C)B1Oc2ccccc2O1. The van der Waals surface area contributed by atoms with E-state index < -0.39 is 0 Å². The number of allylic oxidation sites excluding steroid dienone is 4. The smallest absolute Gasteiger partial charge is 0.519 e. The van der Waals surface area contributed by atoms with E-state index >= 15 is 0 Å². The van der Waals surface area contributed by atoms with Crippen molar-refractivity contribution in [2.45, 2.75) is 34.1 Å². The minimum Gasteiger partial charge on any atom is -0.519 e. The highest BCUT2D eigenvalue weighted by atomic mass is 16.6. The molecule has 0 amide bonds. The van der Waals surface area contributed by atoms with Crippen LogP contribution in [0.2, 0.25) is 0 Å². The number of hydrogen-bond donors (Lipinski definition) is 0. The third-order valence-electron chi connectivity index (χ3n) is 3.06. The summed E-state index contributed by atoms with van der Waals surface area (Å²) in [6, 6.07) is 7.78. The molecule has 19 heavy (non-hydrogen) atoms. The van der Waals surface area contributed by atoms with Gasteiger partial charge in [-0.05, 0) is 43.8 Å². The van der Waals surface area contributed by atoms with Gasteiger partial charge in [-0.1, -0.05) is 43.7 Å². The summed E-state index contributed by atoms with van der Waals surface area (Å²) in [5, 5.41) is 0. The fourth-order valence-corrected chi connectivity index (χ4v) is 1.99. The van der Waals surface area contributed by atoms with Crippen LogP contribution in [0.25, 0.3) is 0 Å². The van der Waals surface area contributed by atoms with Crippen LogP contribution in [-0.4, -0.2) is 7.12 Å². The van der Waals surface area contributed by atoms with E-state index in [9.17, 15) is 0 Å². The summed E-state index contributed by atoms with van der Waals surface area (Å²) in [6.45, 7) is 8.61. The average molecular weight is 256 g/mol. The molecule has 2 rings (SSSR count). The fourth-order valence-electron chi connectivity index (χ4n) is 1.99. The quantitative estimate of drug-likeness (QED) is 0.586. The molecule has 0 unspecified atom stereocenters. The Hall–Kier alpha value is -1.64. The van der Waals surface area contributed by atoms with Crippen LogP contribution >= 0.6 is 0 Å². The lowest BCUT2D eigenvalue weighted by Gasteiger charge is -2.05. The minimum atomic E-state index is -0.292. The van der Waals surface area contributed by atoms with Crippen molar-refractivity contribution in [3.05, 3.63) is 47.5 Å². The Morgan fingerprint density at radius 2 is 1.74 bits per heavy atom. The number of hydrogen-bond acceptors (Lipinski definition) is 2. The van der Waals surface area contributed by atoms with Crippen molar-refractivity contribution in [1.29, 1.82) is 0 Å². The molecule has 0 saturated carbocycles. The first-order valence-corrected chi connectivity index (χ1v) is 6.83. The molecule has 0 atom stereocenters. The summed E-state index contributed by atoms with van der Waals surface area (Å²) < 4.78 is 11.6. The van der Waals surface area contributed by atoms with Crippen LogP contribution < -0.4 is 9.31 Å². The monoisotopic (exact) mass is 256 g/mol. The molecule has 1 heterocycles. The van der Waals surface area contributed by atoms with Crippen LogP contribution in [0.4, 0.5) is 0 Å². The van der Waals surface area contributed by atoms with E-state index in [4.69, 9.17) is 9.31 Å². The van der Waals surface area contributed by atoms with Gasteiger partial charge in [0.25, 0.3) is 0 Å². The Morgan fingerprint density at radius 3 is 2.26 bits per heavy atom. The molecule has 1 aliphatic heterocycles. The largest absolute Gasteiger partial charge is 0.628 e. The molecular formula is C16H21BO2. The number of para-hydroxylation sites is 2. The molecule has 0 aliphatic carbocycles. The van der Waals surface area contributed by atoms with E-state index in [2.05, 4.69) is 32.9 Å². The van der Waals surface area contributed by atoms with Crippen LogP contribution in [0, 0.1) is 5.92 Å². The molecule has 1 aromatic rings. The average Bonchev–Trinajstić information content (AvgIpc) is 2.80. The van der Waals surface area contributed by atoms with Crippen molar-refractivity contribution in [1.82, 2.24) is 0 Å². The lowest BCUT2D eigenvalue weighted by Crippen LogP contribution is -2.26. The van der Waals surface area contributed by atoms with Crippen molar-refractivity contribution >= 4 is 7.12 Å². The topological polar surface area (TPSA) is 18.5 Å². The molecule has 0 aromatic heterocycles. The third-order valence-corrected chi connectivity index (χ3v) is 3.06. The molecule has 0 fully saturated rings. The number of fused-ring (bicyclic) bond motifs is 1. The Bertz CT molecular complexity index is 478. The normalized spacial score (nSPS) is 15.3. The van der Waals surface area contributed by atoms with Crippen LogP contribution in [0.15, 0.2) is 47.5 Å². The fraction of sp³-hybridized carbons (Fsp3) is 0.375. The summed E-state index contributed by atoms with van der Waals surface area (Å²) in [4.78, 5) is 0. The minimum absolute atomic E-state index is 0.292. The Labute approximate surface area is 116 Å². The lowest BCUT2D eigenvalue weighted by atomic mass is 9.78. The summed E-state index contributed by atoms with van der Waals surface area (Å²) >= 11 is 0. The first-order chi connectivity index (χ1) is 9.06. The van der Waals surface area contributed by atoms with Gasteiger partial charge in [0.1, 0.15) is 11.5 Å². The first-order valence-electron chi connectivity index (χ1n) is 6.83.